The van der Waals surface area contributed by atoms with E-state index in [0.29, 0.717) is 12.3 Å². The molecule has 0 bridgehead atoms. The number of Topliss-reactive ketones (excluding diaryl/α,β-unsaturated/α-hetero) is 1. The van der Waals surface area contributed by atoms with E-state index in [-0.39, 0.29) is 23.5 Å². The molecule has 1 aliphatic heterocycles. The van der Waals surface area contributed by atoms with Gasteiger partial charge in [0.2, 0.25) is 5.91 Å². The molecule has 0 spiro atoms. The van der Waals surface area contributed by atoms with E-state index >= 15 is 0 Å². The first-order valence-electron chi connectivity index (χ1n) is 4.56. The normalized spacial score (nSPS) is 38.4. The van der Waals surface area contributed by atoms with Gasteiger partial charge in [0.1, 0.15) is 5.78 Å². The number of nitrogens with one attached hydrogen (secondary N) is 1. The zero-order valence-corrected chi connectivity index (χ0v) is 7.17. The summed E-state index contributed by atoms with van der Waals surface area (Å²) in [5, 5.41) is 2.79. The van der Waals surface area contributed by atoms with E-state index in [2.05, 4.69) is 5.32 Å². The fourth-order valence-corrected chi connectivity index (χ4v) is 2.25. The third kappa shape index (κ3) is 0.958. The second-order valence-corrected chi connectivity index (χ2v) is 3.61. The Morgan fingerprint density at radius 2 is 2.42 bits per heavy atom. The summed E-state index contributed by atoms with van der Waals surface area (Å²) in [5.41, 5.74) is 0. The summed E-state index contributed by atoms with van der Waals surface area (Å²) >= 11 is 0. The molecule has 0 aromatic heterocycles. The van der Waals surface area contributed by atoms with Crippen molar-refractivity contribution >= 4 is 11.7 Å². The SMILES string of the molecule is CCC(=O)[C@@H]1[C@@H]2CCNC(=O)[C@H]21. The van der Waals surface area contributed by atoms with Crippen LogP contribution in [0.15, 0.2) is 0 Å². The van der Waals surface area contributed by atoms with Crippen molar-refractivity contribution in [2.75, 3.05) is 6.54 Å². The molecule has 3 atom stereocenters. The van der Waals surface area contributed by atoms with Gasteiger partial charge in [-0.3, -0.25) is 9.59 Å². The van der Waals surface area contributed by atoms with Crippen molar-refractivity contribution in [1.29, 1.82) is 0 Å². The highest BCUT2D eigenvalue weighted by molar-refractivity contribution is 5.94. The van der Waals surface area contributed by atoms with Crippen LogP contribution >= 0.6 is 0 Å². The van der Waals surface area contributed by atoms with Crippen LogP contribution in [0.4, 0.5) is 0 Å². The summed E-state index contributed by atoms with van der Waals surface area (Å²) in [7, 11) is 0. The van der Waals surface area contributed by atoms with Gasteiger partial charge in [-0.25, -0.2) is 0 Å². The van der Waals surface area contributed by atoms with Crippen LogP contribution in [-0.4, -0.2) is 18.2 Å². The summed E-state index contributed by atoms with van der Waals surface area (Å²) in [6.07, 6.45) is 1.57. The van der Waals surface area contributed by atoms with Crippen LogP contribution in [0.25, 0.3) is 0 Å². The quantitative estimate of drug-likeness (QED) is 0.645. The summed E-state index contributed by atoms with van der Waals surface area (Å²) in [6.45, 7) is 2.62. The number of amides is 1. The van der Waals surface area contributed by atoms with Crippen LogP contribution < -0.4 is 5.32 Å². The summed E-state index contributed by atoms with van der Waals surface area (Å²) < 4.78 is 0. The van der Waals surface area contributed by atoms with Gasteiger partial charge in [0, 0.05) is 18.9 Å². The molecule has 2 fully saturated rings. The smallest absolute Gasteiger partial charge is 0.224 e. The van der Waals surface area contributed by atoms with Gasteiger partial charge < -0.3 is 5.32 Å². The topological polar surface area (TPSA) is 46.2 Å². The molecule has 66 valence electrons. The van der Waals surface area contributed by atoms with Crippen molar-refractivity contribution in [3.05, 3.63) is 0 Å². The Morgan fingerprint density at radius 1 is 1.67 bits per heavy atom. The van der Waals surface area contributed by atoms with Crippen molar-refractivity contribution in [1.82, 2.24) is 5.32 Å². The van der Waals surface area contributed by atoms with Gasteiger partial charge in [-0.15, -0.1) is 0 Å². The van der Waals surface area contributed by atoms with E-state index in [4.69, 9.17) is 0 Å². The molecule has 1 saturated carbocycles. The molecule has 1 saturated heterocycles. The first-order valence-corrected chi connectivity index (χ1v) is 4.56. The van der Waals surface area contributed by atoms with Gasteiger partial charge in [-0.1, -0.05) is 6.92 Å². The minimum Gasteiger partial charge on any atom is -0.356 e. The van der Waals surface area contributed by atoms with Gasteiger partial charge in [-0.05, 0) is 12.3 Å². The van der Waals surface area contributed by atoms with Gasteiger partial charge in [-0.2, -0.15) is 0 Å². The number of hydrogen-bond donors (Lipinski definition) is 1. The Labute approximate surface area is 71.5 Å². The Hall–Kier alpha value is -0.860. The van der Waals surface area contributed by atoms with Crippen molar-refractivity contribution < 1.29 is 9.59 Å². The zero-order valence-electron chi connectivity index (χ0n) is 7.17. The minimum atomic E-state index is 0.0335. The predicted octanol–water partition coefficient (Wildman–Crippen LogP) is 0.348. The van der Waals surface area contributed by atoms with Crippen molar-refractivity contribution in [2.24, 2.45) is 17.8 Å². The van der Waals surface area contributed by atoms with Gasteiger partial charge >= 0.3 is 0 Å². The van der Waals surface area contributed by atoms with Crippen molar-refractivity contribution in [3.8, 4) is 0 Å². The van der Waals surface area contributed by atoms with Crippen LogP contribution in [0.3, 0.4) is 0 Å². The van der Waals surface area contributed by atoms with Crippen LogP contribution in [0.2, 0.25) is 0 Å². The number of rotatable bonds is 2. The Bertz CT molecular complexity index is 237. The largest absolute Gasteiger partial charge is 0.356 e. The molecule has 2 aliphatic rings. The van der Waals surface area contributed by atoms with Crippen LogP contribution in [0, 0.1) is 17.8 Å². The molecule has 0 radical (unpaired) electrons. The maximum Gasteiger partial charge on any atom is 0.224 e. The maximum atomic E-state index is 11.3. The number of carbonyl (C=O) groups excluding carboxylic acids is 2. The highest BCUT2D eigenvalue weighted by Crippen LogP contribution is 2.51. The highest BCUT2D eigenvalue weighted by atomic mass is 16.2. The first-order chi connectivity index (χ1) is 5.75. The van der Waals surface area contributed by atoms with E-state index in [9.17, 15) is 9.59 Å². The van der Waals surface area contributed by atoms with E-state index in [0.717, 1.165) is 13.0 Å². The maximum absolute atomic E-state index is 11.3. The standard InChI is InChI=1S/C9H13NO2/c1-2-6(11)7-5-3-4-10-9(12)8(5)7/h5,7-8H,2-4H2,1H3,(H,10,12)/t5-,7-,8+/m0/s1. The van der Waals surface area contributed by atoms with Crippen LogP contribution in [-0.2, 0) is 9.59 Å². The van der Waals surface area contributed by atoms with Crippen LogP contribution in [0.5, 0.6) is 0 Å². The molecule has 1 amide bonds. The lowest BCUT2D eigenvalue weighted by molar-refractivity contribution is -0.126. The summed E-state index contributed by atoms with van der Waals surface area (Å²) in [6, 6.07) is 0. The average molecular weight is 167 g/mol. The molecular weight excluding hydrogens is 154 g/mol. The average Bonchev–Trinajstić information content (AvgIpc) is 2.79. The van der Waals surface area contributed by atoms with E-state index in [1.54, 1.807) is 0 Å². The predicted molar refractivity (Wildman–Crippen MR) is 43.4 cm³/mol. The summed E-state index contributed by atoms with van der Waals surface area (Å²) in [5.74, 6) is 0.843. The van der Waals surface area contributed by atoms with Gasteiger partial charge in [0.25, 0.3) is 0 Å². The molecule has 2 rings (SSSR count). The highest BCUT2D eigenvalue weighted by Gasteiger charge is 2.58. The van der Waals surface area contributed by atoms with Gasteiger partial charge in [0.05, 0.1) is 5.92 Å². The Kier molecular flexibility index (Phi) is 1.67. The third-order valence-electron chi connectivity index (χ3n) is 2.97. The Balaban J connectivity index is 2.05. The van der Waals surface area contributed by atoms with Crippen LogP contribution in [0.1, 0.15) is 19.8 Å². The zero-order chi connectivity index (χ0) is 8.72. The summed E-state index contributed by atoms with van der Waals surface area (Å²) in [4.78, 5) is 22.5. The molecule has 0 unspecified atom stereocenters. The molecule has 0 aromatic carbocycles. The molecule has 1 N–H and O–H groups in total. The lowest BCUT2D eigenvalue weighted by Crippen LogP contribution is -2.31. The Morgan fingerprint density at radius 3 is 3.00 bits per heavy atom. The monoisotopic (exact) mass is 167 g/mol. The van der Waals surface area contributed by atoms with E-state index in [1.807, 2.05) is 6.92 Å². The third-order valence-corrected chi connectivity index (χ3v) is 2.97. The molecule has 0 aromatic rings. The van der Waals surface area contributed by atoms with E-state index < -0.39 is 0 Å². The van der Waals surface area contributed by atoms with Crippen molar-refractivity contribution in [2.45, 2.75) is 19.8 Å². The number of fused-ring (bicyclic) bond motifs is 1. The molecule has 3 nitrogen and oxygen atoms in total. The number of ketones is 1. The lowest BCUT2D eigenvalue weighted by atomic mass is 10.1. The van der Waals surface area contributed by atoms with E-state index in [1.165, 1.54) is 0 Å². The molecular formula is C9H13NO2. The lowest BCUT2D eigenvalue weighted by Gasteiger charge is -2.08. The second-order valence-electron chi connectivity index (χ2n) is 3.61. The number of carbonyl (C=O) groups is 2. The first kappa shape index (κ1) is 7.77. The fraction of sp³-hybridized carbons (Fsp3) is 0.778. The van der Waals surface area contributed by atoms with Gasteiger partial charge in [0.15, 0.2) is 0 Å². The van der Waals surface area contributed by atoms with Crippen molar-refractivity contribution in [3.63, 3.8) is 0 Å². The number of piperidine rings is 1. The molecule has 3 heteroatoms. The second kappa shape index (κ2) is 2.57. The molecule has 1 heterocycles. The minimum absolute atomic E-state index is 0.0335. The number of hydrogen-bond acceptors (Lipinski definition) is 2. The molecule has 1 aliphatic carbocycles. The molecule has 12 heavy (non-hydrogen) atoms. The fourth-order valence-electron chi connectivity index (χ4n) is 2.25.